The number of benzene rings is 3. The Labute approximate surface area is 169 Å². The van der Waals surface area contributed by atoms with Crippen molar-refractivity contribution in [2.45, 2.75) is 26.2 Å². The molecule has 146 valence electrons. The third kappa shape index (κ3) is 4.06. The Balaban J connectivity index is 1.67. The van der Waals surface area contributed by atoms with Crippen molar-refractivity contribution in [2.75, 3.05) is 0 Å². The molecule has 3 aromatic carbocycles. The fourth-order valence-corrected chi connectivity index (χ4v) is 3.59. The lowest BCUT2D eigenvalue weighted by atomic mass is 9.96. The van der Waals surface area contributed by atoms with Crippen molar-refractivity contribution < 1.29 is 19.1 Å². The minimum absolute atomic E-state index is 0.235. The van der Waals surface area contributed by atoms with Crippen LogP contribution >= 0.6 is 0 Å². The van der Waals surface area contributed by atoms with Gasteiger partial charge in [0.15, 0.2) is 0 Å². The van der Waals surface area contributed by atoms with Crippen molar-refractivity contribution in [3.05, 3.63) is 83.9 Å². The molecule has 0 N–H and O–H groups in total. The molecule has 0 radical (unpaired) electrons. The predicted octanol–water partition coefficient (Wildman–Crippen LogP) is 5.63. The molecule has 0 heterocycles. The minimum atomic E-state index is -0.438. The number of rotatable bonds is 4. The van der Waals surface area contributed by atoms with Gasteiger partial charge in [0.2, 0.25) is 0 Å². The van der Waals surface area contributed by atoms with Crippen LogP contribution in [0.4, 0.5) is 0 Å². The van der Waals surface area contributed by atoms with E-state index in [-0.39, 0.29) is 11.9 Å². The molecular formula is C25H22O4. The Bertz CT molecular complexity index is 1090. The lowest BCUT2D eigenvalue weighted by Crippen LogP contribution is -2.20. The zero-order valence-corrected chi connectivity index (χ0v) is 16.3. The zero-order valence-electron chi connectivity index (χ0n) is 16.3. The van der Waals surface area contributed by atoms with Gasteiger partial charge in [-0.05, 0) is 55.3 Å². The third-order valence-electron chi connectivity index (χ3n) is 5.16. The van der Waals surface area contributed by atoms with Gasteiger partial charge in [-0.2, -0.15) is 0 Å². The molecule has 1 unspecified atom stereocenters. The molecule has 0 aliphatic heterocycles. The van der Waals surface area contributed by atoms with E-state index in [1.54, 1.807) is 24.3 Å². The van der Waals surface area contributed by atoms with E-state index in [1.807, 2.05) is 55.5 Å². The van der Waals surface area contributed by atoms with Crippen LogP contribution in [0.2, 0.25) is 0 Å². The predicted molar refractivity (Wildman–Crippen MR) is 112 cm³/mol. The molecule has 0 amide bonds. The van der Waals surface area contributed by atoms with Crippen molar-refractivity contribution in [3.63, 3.8) is 0 Å². The summed E-state index contributed by atoms with van der Waals surface area (Å²) in [7, 11) is 0. The van der Waals surface area contributed by atoms with E-state index in [1.165, 1.54) is 0 Å². The van der Waals surface area contributed by atoms with E-state index in [9.17, 15) is 9.59 Å². The van der Waals surface area contributed by atoms with Gasteiger partial charge in [0.25, 0.3) is 0 Å². The number of aryl methyl sites for hydroxylation is 1. The summed E-state index contributed by atoms with van der Waals surface area (Å²) in [5.41, 5.74) is 1.35. The number of carbonyl (C=O) groups excluding carboxylic acids is 2. The Morgan fingerprint density at radius 1 is 0.897 bits per heavy atom. The Morgan fingerprint density at radius 3 is 2.31 bits per heavy atom. The van der Waals surface area contributed by atoms with Crippen LogP contribution in [0.25, 0.3) is 10.8 Å². The Morgan fingerprint density at radius 2 is 1.62 bits per heavy atom. The maximum absolute atomic E-state index is 12.7. The summed E-state index contributed by atoms with van der Waals surface area (Å²) in [6.07, 6.45) is 6.70. The highest BCUT2D eigenvalue weighted by Crippen LogP contribution is 2.35. The van der Waals surface area contributed by atoms with E-state index in [2.05, 4.69) is 0 Å². The topological polar surface area (TPSA) is 52.6 Å². The molecule has 0 saturated carbocycles. The highest BCUT2D eigenvalue weighted by Gasteiger charge is 2.22. The van der Waals surface area contributed by atoms with Gasteiger partial charge in [0, 0.05) is 0 Å². The summed E-state index contributed by atoms with van der Waals surface area (Å²) in [5.74, 6) is -0.181. The lowest BCUT2D eigenvalue weighted by Gasteiger charge is -2.17. The first kappa shape index (κ1) is 18.9. The van der Waals surface area contributed by atoms with Crippen molar-refractivity contribution in [1.29, 1.82) is 0 Å². The summed E-state index contributed by atoms with van der Waals surface area (Å²) in [6, 6.07) is 18.2. The van der Waals surface area contributed by atoms with Crippen LogP contribution in [0, 0.1) is 12.8 Å². The highest BCUT2D eigenvalue weighted by atomic mass is 16.5. The number of esters is 2. The van der Waals surface area contributed by atoms with Crippen LogP contribution in [-0.2, 0) is 4.79 Å². The van der Waals surface area contributed by atoms with Gasteiger partial charge in [-0.3, -0.25) is 4.79 Å². The fraction of sp³-hybridized carbons (Fsp3) is 0.200. The first-order valence-corrected chi connectivity index (χ1v) is 9.81. The van der Waals surface area contributed by atoms with E-state index < -0.39 is 5.97 Å². The van der Waals surface area contributed by atoms with Crippen LogP contribution in [0.1, 0.15) is 35.2 Å². The normalized spacial score (nSPS) is 15.8. The van der Waals surface area contributed by atoms with Crippen LogP contribution in [0.3, 0.4) is 0 Å². The highest BCUT2D eigenvalue weighted by molar-refractivity contribution is 5.99. The molecule has 4 rings (SSSR count). The number of fused-ring (bicyclic) bond motifs is 1. The molecule has 4 heteroatoms. The van der Waals surface area contributed by atoms with E-state index in [4.69, 9.17) is 9.47 Å². The van der Waals surface area contributed by atoms with Gasteiger partial charge < -0.3 is 9.47 Å². The second kappa shape index (κ2) is 8.31. The molecule has 0 bridgehead atoms. The maximum atomic E-state index is 12.7. The monoisotopic (exact) mass is 386 g/mol. The van der Waals surface area contributed by atoms with E-state index in [0.717, 1.165) is 30.2 Å². The number of hydrogen-bond donors (Lipinski definition) is 0. The van der Waals surface area contributed by atoms with Crippen LogP contribution < -0.4 is 9.47 Å². The minimum Gasteiger partial charge on any atom is -0.425 e. The standard InChI is InChI=1S/C25H22O4/c1-17-9-5-6-14-20(17)25(27)29-22-16-8-13-18-12-7-15-21(23(18)22)28-24(26)19-10-3-2-4-11-19/h3,5-10,12-16,19H,2,4,11H2,1H3. The molecule has 3 aromatic rings. The molecule has 1 aliphatic rings. The SMILES string of the molecule is Cc1ccccc1C(=O)Oc1cccc2cccc(OC(=O)C3C=CCCC3)c12. The Hall–Kier alpha value is -3.40. The molecule has 29 heavy (non-hydrogen) atoms. The molecule has 0 aromatic heterocycles. The van der Waals surface area contributed by atoms with Crippen molar-refractivity contribution in [3.8, 4) is 11.5 Å². The molecule has 1 atom stereocenters. The van der Waals surface area contributed by atoms with Crippen LogP contribution in [-0.4, -0.2) is 11.9 Å². The summed E-state index contributed by atoms with van der Waals surface area (Å²) < 4.78 is 11.5. The quantitative estimate of drug-likeness (QED) is 0.331. The lowest BCUT2D eigenvalue weighted by molar-refractivity contribution is -0.137. The summed E-state index contributed by atoms with van der Waals surface area (Å²) in [6.45, 7) is 1.87. The average molecular weight is 386 g/mol. The third-order valence-corrected chi connectivity index (χ3v) is 5.16. The van der Waals surface area contributed by atoms with Gasteiger partial charge in [-0.25, -0.2) is 4.79 Å². The summed E-state index contributed by atoms with van der Waals surface area (Å²) in [5, 5.41) is 1.45. The summed E-state index contributed by atoms with van der Waals surface area (Å²) in [4.78, 5) is 25.3. The van der Waals surface area contributed by atoms with E-state index in [0.29, 0.717) is 22.4 Å². The van der Waals surface area contributed by atoms with Crippen molar-refractivity contribution >= 4 is 22.7 Å². The van der Waals surface area contributed by atoms with Gasteiger partial charge in [0.05, 0.1) is 16.9 Å². The smallest absolute Gasteiger partial charge is 0.343 e. The number of ether oxygens (including phenoxy) is 2. The maximum Gasteiger partial charge on any atom is 0.343 e. The van der Waals surface area contributed by atoms with E-state index >= 15 is 0 Å². The van der Waals surface area contributed by atoms with Crippen LogP contribution in [0.15, 0.2) is 72.8 Å². The molecule has 0 spiro atoms. The molecule has 0 saturated heterocycles. The number of carbonyl (C=O) groups is 2. The summed E-state index contributed by atoms with van der Waals surface area (Å²) >= 11 is 0. The second-order valence-corrected chi connectivity index (χ2v) is 7.20. The molecule has 0 fully saturated rings. The zero-order chi connectivity index (χ0) is 20.2. The van der Waals surface area contributed by atoms with Gasteiger partial charge in [-0.1, -0.05) is 54.6 Å². The largest absolute Gasteiger partial charge is 0.425 e. The fourth-order valence-electron chi connectivity index (χ4n) is 3.59. The molecule has 1 aliphatic carbocycles. The molecular weight excluding hydrogens is 364 g/mol. The average Bonchev–Trinajstić information content (AvgIpc) is 2.75. The van der Waals surface area contributed by atoms with Crippen molar-refractivity contribution in [2.24, 2.45) is 5.92 Å². The first-order valence-electron chi connectivity index (χ1n) is 9.81. The van der Waals surface area contributed by atoms with Gasteiger partial charge in [-0.15, -0.1) is 0 Å². The van der Waals surface area contributed by atoms with Gasteiger partial charge >= 0.3 is 11.9 Å². The number of hydrogen-bond acceptors (Lipinski definition) is 4. The number of allylic oxidation sites excluding steroid dienone is 1. The molecule has 4 nitrogen and oxygen atoms in total. The second-order valence-electron chi connectivity index (χ2n) is 7.20. The first-order chi connectivity index (χ1) is 14.1. The van der Waals surface area contributed by atoms with Crippen LogP contribution in [0.5, 0.6) is 11.5 Å². The van der Waals surface area contributed by atoms with Gasteiger partial charge in [0.1, 0.15) is 11.5 Å². The Kier molecular flexibility index (Phi) is 5.43. The van der Waals surface area contributed by atoms with Crippen molar-refractivity contribution in [1.82, 2.24) is 0 Å².